The summed E-state index contributed by atoms with van der Waals surface area (Å²) in [5.74, 6) is 4.99. The minimum absolute atomic E-state index is 0.0163. The number of amides is 1. The summed E-state index contributed by atoms with van der Waals surface area (Å²) >= 11 is 0. The zero-order valence-electron chi connectivity index (χ0n) is 13.0. The molecule has 1 heterocycles. The third-order valence-corrected chi connectivity index (χ3v) is 3.63. The maximum Gasteiger partial charge on any atom is 0.269 e. The second-order valence-electron chi connectivity index (χ2n) is 5.48. The second-order valence-corrected chi connectivity index (χ2v) is 5.48. The van der Waals surface area contributed by atoms with E-state index in [4.69, 9.17) is 11.1 Å². The minimum atomic E-state index is -0.512. The molecule has 2 rings (SSSR count). The maximum absolute atomic E-state index is 12.3. The Morgan fingerprint density at radius 1 is 1.26 bits per heavy atom. The van der Waals surface area contributed by atoms with Gasteiger partial charge in [-0.2, -0.15) is 5.26 Å². The second kappa shape index (κ2) is 6.90. The van der Waals surface area contributed by atoms with Crippen LogP contribution in [0.25, 0.3) is 11.3 Å². The molecule has 6 nitrogen and oxygen atoms in total. The number of nitriles is 1. The lowest BCUT2D eigenvalue weighted by Crippen LogP contribution is -2.37. The summed E-state index contributed by atoms with van der Waals surface area (Å²) in [6.45, 7) is 3.95. The molecule has 0 saturated carbocycles. The molecule has 0 radical (unpaired) electrons. The van der Waals surface area contributed by atoms with Gasteiger partial charge in [-0.25, -0.2) is 5.84 Å². The van der Waals surface area contributed by atoms with Crippen LogP contribution in [-0.4, -0.2) is 10.5 Å². The van der Waals surface area contributed by atoms with Gasteiger partial charge in [-0.1, -0.05) is 38.1 Å². The van der Waals surface area contributed by atoms with Gasteiger partial charge in [0.05, 0.1) is 5.69 Å². The number of hydrogen-bond acceptors (Lipinski definition) is 4. The van der Waals surface area contributed by atoms with Crippen LogP contribution < -0.4 is 16.8 Å². The van der Waals surface area contributed by atoms with Crippen molar-refractivity contribution in [1.82, 2.24) is 9.99 Å². The molecule has 1 amide bonds. The molecule has 1 aromatic heterocycles. The highest BCUT2D eigenvalue weighted by atomic mass is 16.2. The largest absolute Gasteiger partial charge is 0.298 e. The summed E-state index contributed by atoms with van der Waals surface area (Å²) in [6, 6.07) is 12.7. The topological polar surface area (TPSA) is 101 Å². The van der Waals surface area contributed by atoms with Gasteiger partial charge in [0.1, 0.15) is 18.2 Å². The molecule has 0 saturated heterocycles. The normalized spacial score (nSPS) is 10.4. The van der Waals surface area contributed by atoms with Gasteiger partial charge >= 0.3 is 0 Å². The number of nitrogens with zero attached hydrogens (tertiary/aromatic N) is 2. The van der Waals surface area contributed by atoms with Gasteiger partial charge < -0.3 is 0 Å². The highest BCUT2D eigenvalue weighted by Gasteiger charge is 2.13. The summed E-state index contributed by atoms with van der Waals surface area (Å²) in [5.41, 5.74) is 4.00. The van der Waals surface area contributed by atoms with Crippen LogP contribution in [0.4, 0.5) is 0 Å². The highest BCUT2D eigenvalue weighted by Crippen LogP contribution is 2.22. The molecule has 6 heteroatoms. The Labute approximate surface area is 134 Å². The van der Waals surface area contributed by atoms with E-state index in [9.17, 15) is 9.59 Å². The van der Waals surface area contributed by atoms with Crippen molar-refractivity contribution in [3.63, 3.8) is 0 Å². The third kappa shape index (κ3) is 3.47. The summed E-state index contributed by atoms with van der Waals surface area (Å²) in [5, 5.41) is 9.00. The van der Waals surface area contributed by atoms with Gasteiger partial charge in [0.2, 0.25) is 0 Å². The molecule has 2 aromatic rings. The zero-order valence-corrected chi connectivity index (χ0v) is 13.0. The summed E-state index contributed by atoms with van der Waals surface area (Å²) in [6.07, 6.45) is 0. The van der Waals surface area contributed by atoms with Crippen LogP contribution in [0.15, 0.2) is 41.2 Å². The SMILES string of the molecule is CC(C)c1ccc(-c2ccc(C#N)c(=O)n2CC(=O)NN)cc1. The molecule has 23 heavy (non-hydrogen) atoms. The molecule has 118 valence electrons. The van der Waals surface area contributed by atoms with Gasteiger partial charge in [-0.15, -0.1) is 0 Å². The predicted molar refractivity (Wildman–Crippen MR) is 87.3 cm³/mol. The lowest BCUT2D eigenvalue weighted by atomic mass is 10.0. The Balaban J connectivity index is 2.57. The van der Waals surface area contributed by atoms with Gasteiger partial charge in [-0.05, 0) is 29.2 Å². The number of nitrogens with one attached hydrogen (secondary N) is 1. The van der Waals surface area contributed by atoms with E-state index in [1.165, 1.54) is 16.2 Å². The molecule has 3 N–H and O–H groups in total. The van der Waals surface area contributed by atoms with Crippen molar-refractivity contribution in [1.29, 1.82) is 5.26 Å². The zero-order chi connectivity index (χ0) is 17.0. The molecule has 0 unspecified atom stereocenters. The molecule has 0 aliphatic rings. The molecule has 0 aliphatic heterocycles. The molecular formula is C17H18N4O2. The van der Waals surface area contributed by atoms with E-state index in [0.717, 1.165) is 5.56 Å². The first kappa shape index (κ1) is 16.5. The molecule has 1 aromatic carbocycles. The lowest BCUT2D eigenvalue weighted by molar-refractivity contribution is -0.121. The first-order valence-electron chi connectivity index (χ1n) is 7.21. The number of rotatable bonds is 4. The Morgan fingerprint density at radius 2 is 1.91 bits per heavy atom. The van der Waals surface area contributed by atoms with Crippen LogP contribution >= 0.6 is 0 Å². The van der Waals surface area contributed by atoms with Crippen molar-refractivity contribution < 1.29 is 4.79 Å². The van der Waals surface area contributed by atoms with Crippen molar-refractivity contribution in [2.24, 2.45) is 5.84 Å². The van der Waals surface area contributed by atoms with Crippen LogP contribution in [0.1, 0.15) is 30.9 Å². The minimum Gasteiger partial charge on any atom is -0.298 e. The van der Waals surface area contributed by atoms with E-state index in [2.05, 4.69) is 13.8 Å². The molecule has 0 atom stereocenters. The van der Waals surface area contributed by atoms with Crippen molar-refractivity contribution >= 4 is 5.91 Å². The monoisotopic (exact) mass is 310 g/mol. The first-order valence-corrected chi connectivity index (χ1v) is 7.21. The third-order valence-electron chi connectivity index (χ3n) is 3.63. The smallest absolute Gasteiger partial charge is 0.269 e. The Kier molecular flexibility index (Phi) is 4.94. The van der Waals surface area contributed by atoms with Crippen molar-refractivity contribution in [3.8, 4) is 17.3 Å². The number of nitrogens with two attached hydrogens (primary N) is 1. The molecule has 0 aliphatic carbocycles. The maximum atomic E-state index is 12.3. The van der Waals surface area contributed by atoms with Crippen molar-refractivity contribution in [3.05, 3.63) is 57.9 Å². The van der Waals surface area contributed by atoms with Gasteiger partial charge in [0.15, 0.2) is 0 Å². The van der Waals surface area contributed by atoms with Crippen molar-refractivity contribution in [2.45, 2.75) is 26.3 Å². The van der Waals surface area contributed by atoms with Crippen LogP contribution in [0.2, 0.25) is 0 Å². The van der Waals surface area contributed by atoms with Crippen LogP contribution in [0.3, 0.4) is 0 Å². The lowest BCUT2D eigenvalue weighted by Gasteiger charge is -2.13. The summed E-state index contributed by atoms with van der Waals surface area (Å²) < 4.78 is 1.26. The number of benzene rings is 1. The molecular weight excluding hydrogens is 292 g/mol. The number of hydrogen-bond donors (Lipinski definition) is 2. The average Bonchev–Trinajstić information content (AvgIpc) is 2.56. The Morgan fingerprint density at radius 3 is 2.43 bits per heavy atom. The fraction of sp³-hybridized carbons (Fsp3) is 0.235. The molecule has 0 spiro atoms. The van der Waals surface area contributed by atoms with E-state index >= 15 is 0 Å². The van der Waals surface area contributed by atoms with Gasteiger partial charge in [-0.3, -0.25) is 19.6 Å². The molecule has 0 fully saturated rings. The Bertz CT molecular complexity index is 814. The van der Waals surface area contributed by atoms with E-state index in [1.54, 1.807) is 6.07 Å². The van der Waals surface area contributed by atoms with Crippen LogP contribution in [0.5, 0.6) is 0 Å². The van der Waals surface area contributed by atoms with E-state index in [-0.39, 0.29) is 12.1 Å². The Hall–Kier alpha value is -2.91. The van der Waals surface area contributed by atoms with Crippen LogP contribution in [-0.2, 0) is 11.3 Å². The van der Waals surface area contributed by atoms with Crippen LogP contribution in [0, 0.1) is 11.3 Å². The fourth-order valence-electron chi connectivity index (χ4n) is 2.30. The summed E-state index contributed by atoms with van der Waals surface area (Å²) in [7, 11) is 0. The number of carbonyl (C=O) groups excluding carboxylic acids is 1. The van der Waals surface area contributed by atoms with E-state index in [1.807, 2.05) is 35.8 Å². The standard InChI is InChI=1S/C17H18N4O2/c1-11(2)12-3-5-13(6-4-12)15-8-7-14(9-18)17(23)21(15)10-16(22)20-19/h3-8,11H,10,19H2,1-2H3,(H,20,22). The number of aromatic nitrogens is 1. The fourth-order valence-corrected chi connectivity index (χ4v) is 2.30. The predicted octanol–water partition coefficient (Wildman–Crippen LogP) is 1.50. The molecule has 0 bridgehead atoms. The van der Waals surface area contributed by atoms with Crippen molar-refractivity contribution in [2.75, 3.05) is 0 Å². The van der Waals surface area contributed by atoms with Gasteiger partial charge in [0, 0.05) is 0 Å². The highest BCUT2D eigenvalue weighted by molar-refractivity contribution is 5.76. The van der Waals surface area contributed by atoms with Gasteiger partial charge in [0.25, 0.3) is 11.5 Å². The number of pyridine rings is 1. The number of hydrazine groups is 1. The summed E-state index contributed by atoms with van der Waals surface area (Å²) in [4.78, 5) is 23.9. The quantitative estimate of drug-likeness (QED) is 0.507. The van der Waals surface area contributed by atoms with E-state index < -0.39 is 11.5 Å². The average molecular weight is 310 g/mol. The number of carbonyl (C=O) groups is 1. The van der Waals surface area contributed by atoms with E-state index in [0.29, 0.717) is 11.6 Å². The first-order chi connectivity index (χ1) is 11.0.